The van der Waals surface area contributed by atoms with E-state index in [0.717, 1.165) is 0 Å². The molecule has 0 aliphatic heterocycles. The molecule has 0 radical (unpaired) electrons. The molecule has 1 atom stereocenters. The number of rotatable bonds is 3. The summed E-state index contributed by atoms with van der Waals surface area (Å²) in [5.41, 5.74) is 0. The van der Waals surface area contributed by atoms with Gasteiger partial charge in [0.15, 0.2) is 0 Å². The zero-order valence-corrected chi connectivity index (χ0v) is 8.39. The standard InChI is InChI=1S/C5H9NO3S.C2H6/c1-6-4(7)2-3(10)5(8)9;1-2/h3,10H,2H2,1H3,(H,6,7)(H,8,9);1-2H3. The van der Waals surface area contributed by atoms with Crippen LogP contribution in [0.3, 0.4) is 0 Å². The Labute approximate surface area is 77.8 Å². The van der Waals surface area contributed by atoms with Crippen LogP contribution >= 0.6 is 12.6 Å². The second kappa shape index (κ2) is 8.39. The van der Waals surface area contributed by atoms with Crippen molar-refractivity contribution in [2.24, 2.45) is 0 Å². The van der Waals surface area contributed by atoms with Gasteiger partial charge in [-0.3, -0.25) is 9.59 Å². The number of hydrogen-bond donors (Lipinski definition) is 3. The smallest absolute Gasteiger partial charge is 0.316 e. The van der Waals surface area contributed by atoms with E-state index in [-0.39, 0.29) is 12.3 Å². The van der Waals surface area contributed by atoms with E-state index in [9.17, 15) is 9.59 Å². The van der Waals surface area contributed by atoms with Gasteiger partial charge in [0.2, 0.25) is 5.91 Å². The molecule has 0 saturated carbocycles. The SMILES string of the molecule is CC.CNC(=O)CC(S)C(=O)O. The van der Waals surface area contributed by atoms with Crippen molar-refractivity contribution < 1.29 is 14.7 Å². The molecule has 12 heavy (non-hydrogen) atoms. The lowest BCUT2D eigenvalue weighted by molar-refractivity contribution is -0.138. The molecule has 0 aromatic rings. The number of carbonyl (C=O) groups excluding carboxylic acids is 1. The molecule has 0 aromatic heterocycles. The quantitative estimate of drug-likeness (QED) is 0.573. The van der Waals surface area contributed by atoms with Crippen LogP contribution in [0.2, 0.25) is 0 Å². The van der Waals surface area contributed by atoms with E-state index >= 15 is 0 Å². The second-order valence-electron chi connectivity index (χ2n) is 1.73. The summed E-state index contributed by atoms with van der Waals surface area (Å²) < 4.78 is 0. The van der Waals surface area contributed by atoms with Gasteiger partial charge in [0.1, 0.15) is 5.25 Å². The predicted molar refractivity (Wildman–Crippen MR) is 50.4 cm³/mol. The summed E-state index contributed by atoms with van der Waals surface area (Å²) in [4.78, 5) is 20.6. The first-order valence-electron chi connectivity index (χ1n) is 3.69. The van der Waals surface area contributed by atoms with Gasteiger partial charge in [0.05, 0.1) is 0 Å². The van der Waals surface area contributed by atoms with E-state index in [0.29, 0.717) is 0 Å². The first-order chi connectivity index (χ1) is 5.57. The van der Waals surface area contributed by atoms with Crippen molar-refractivity contribution >= 4 is 24.5 Å². The summed E-state index contributed by atoms with van der Waals surface area (Å²) in [5, 5.41) is 9.67. The predicted octanol–water partition coefficient (Wildman–Crippen LogP) is 0.532. The van der Waals surface area contributed by atoms with Crippen molar-refractivity contribution in [3.05, 3.63) is 0 Å². The van der Waals surface area contributed by atoms with Crippen LogP contribution in [0.25, 0.3) is 0 Å². The molecule has 0 rings (SSSR count). The number of nitrogens with one attached hydrogen (secondary N) is 1. The summed E-state index contributed by atoms with van der Waals surface area (Å²) in [6.45, 7) is 4.00. The van der Waals surface area contributed by atoms with E-state index in [1.54, 1.807) is 0 Å². The fourth-order valence-corrected chi connectivity index (χ4v) is 0.531. The number of aliphatic carboxylic acids is 1. The lowest BCUT2D eigenvalue weighted by Gasteiger charge is -2.02. The molecule has 1 unspecified atom stereocenters. The molecule has 1 amide bonds. The summed E-state index contributed by atoms with van der Waals surface area (Å²) >= 11 is 3.66. The van der Waals surface area contributed by atoms with Gasteiger partial charge in [-0.15, -0.1) is 0 Å². The van der Waals surface area contributed by atoms with E-state index in [2.05, 4.69) is 17.9 Å². The van der Waals surface area contributed by atoms with Crippen LogP contribution in [0, 0.1) is 0 Å². The topological polar surface area (TPSA) is 66.4 Å². The van der Waals surface area contributed by atoms with Crippen LogP contribution < -0.4 is 5.32 Å². The summed E-state index contributed by atoms with van der Waals surface area (Å²) in [5.74, 6) is -1.39. The molecule has 2 N–H and O–H groups in total. The highest BCUT2D eigenvalue weighted by molar-refractivity contribution is 7.81. The van der Waals surface area contributed by atoms with E-state index in [1.807, 2.05) is 13.8 Å². The molecule has 4 nitrogen and oxygen atoms in total. The van der Waals surface area contributed by atoms with Crippen molar-refractivity contribution in [2.75, 3.05) is 7.05 Å². The molecular weight excluding hydrogens is 178 g/mol. The van der Waals surface area contributed by atoms with Crippen molar-refractivity contribution in [3.63, 3.8) is 0 Å². The highest BCUT2D eigenvalue weighted by atomic mass is 32.1. The molecule has 0 bridgehead atoms. The Morgan fingerprint density at radius 3 is 2.17 bits per heavy atom. The molecule has 0 heterocycles. The largest absolute Gasteiger partial charge is 0.480 e. The average Bonchev–Trinajstić information content (AvgIpc) is 2.07. The third-order valence-corrected chi connectivity index (χ3v) is 1.35. The zero-order chi connectivity index (χ0) is 10.1. The number of amides is 1. The maximum absolute atomic E-state index is 10.5. The van der Waals surface area contributed by atoms with Crippen molar-refractivity contribution in [2.45, 2.75) is 25.5 Å². The Morgan fingerprint density at radius 2 is 1.92 bits per heavy atom. The van der Waals surface area contributed by atoms with Crippen LogP contribution in [0.15, 0.2) is 0 Å². The minimum Gasteiger partial charge on any atom is -0.480 e. The Balaban J connectivity index is 0. The Kier molecular flexibility index (Phi) is 9.68. The lowest BCUT2D eigenvalue weighted by Crippen LogP contribution is -2.25. The number of thiol groups is 1. The lowest BCUT2D eigenvalue weighted by atomic mass is 10.3. The third kappa shape index (κ3) is 7.40. The number of hydrogen-bond acceptors (Lipinski definition) is 3. The first-order valence-corrected chi connectivity index (χ1v) is 4.21. The van der Waals surface area contributed by atoms with E-state index < -0.39 is 11.2 Å². The molecule has 0 aliphatic carbocycles. The molecule has 72 valence electrons. The van der Waals surface area contributed by atoms with E-state index in [1.165, 1.54) is 7.05 Å². The van der Waals surface area contributed by atoms with Gasteiger partial charge in [0.25, 0.3) is 0 Å². The minimum absolute atomic E-state index is 0.0883. The highest BCUT2D eigenvalue weighted by Gasteiger charge is 2.14. The Bertz CT molecular complexity index is 150. The van der Waals surface area contributed by atoms with Crippen LogP contribution in [0.4, 0.5) is 0 Å². The van der Waals surface area contributed by atoms with Gasteiger partial charge >= 0.3 is 5.97 Å². The fourth-order valence-electron chi connectivity index (χ4n) is 0.365. The summed E-state index contributed by atoms with van der Waals surface area (Å²) in [6, 6.07) is 0. The van der Waals surface area contributed by atoms with E-state index in [4.69, 9.17) is 5.11 Å². The number of carbonyl (C=O) groups is 2. The van der Waals surface area contributed by atoms with Crippen molar-refractivity contribution in [3.8, 4) is 0 Å². The van der Waals surface area contributed by atoms with Gasteiger partial charge < -0.3 is 10.4 Å². The van der Waals surface area contributed by atoms with Gasteiger partial charge in [0, 0.05) is 13.5 Å². The Morgan fingerprint density at radius 1 is 1.50 bits per heavy atom. The van der Waals surface area contributed by atoms with Gasteiger partial charge in [-0.2, -0.15) is 12.6 Å². The molecule has 5 heteroatoms. The van der Waals surface area contributed by atoms with Crippen molar-refractivity contribution in [1.82, 2.24) is 5.32 Å². The summed E-state index contributed by atoms with van der Waals surface area (Å²) in [7, 11) is 1.45. The molecule has 0 saturated heterocycles. The molecule has 0 spiro atoms. The first kappa shape index (κ1) is 13.9. The second-order valence-corrected chi connectivity index (χ2v) is 2.35. The maximum Gasteiger partial charge on any atom is 0.316 e. The van der Waals surface area contributed by atoms with Crippen LogP contribution in [-0.4, -0.2) is 29.3 Å². The Hall–Kier alpha value is -0.710. The maximum atomic E-state index is 10.5. The van der Waals surface area contributed by atoms with Gasteiger partial charge in [-0.1, -0.05) is 13.8 Å². The average molecular weight is 193 g/mol. The van der Waals surface area contributed by atoms with Gasteiger partial charge in [-0.05, 0) is 0 Å². The third-order valence-electron chi connectivity index (χ3n) is 0.943. The minimum atomic E-state index is -1.08. The molecular formula is C7H15NO3S. The monoisotopic (exact) mass is 193 g/mol. The fraction of sp³-hybridized carbons (Fsp3) is 0.714. The molecule has 0 fully saturated rings. The van der Waals surface area contributed by atoms with Crippen LogP contribution in [0.5, 0.6) is 0 Å². The zero-order valence-electron chi connectivity index (χ0n) is 7.50. The number of carboxylic acid groups (broad SMARTS) is 1. The normalized spacial score (nSPS) is 10.7. The van der Waals surface area contributed by atoms with Crippen molar-refractivity contribution in [1.29, 1.82) is 0 Å². The number of carboxylic acids is 1. The highest BCUT2D eigenvalue weighted by Crippen LogP contribution is 1.99. The van der Waals surface area contributed by atoms with Crippen LogP contribution in [0.1, 0.15) is 20.3 Å². The van der Waals surface area contributed by atoms with Gasteiger partial charge in [-0.25, -0.2) is 0 Å². The molecule has 0 aromatic carbocycles. The van der Waals surface area contributed by atoms with Crippen LogP contribution in [-0.2, 0) is 9.59 Å². The summed E-state index contributed by atoms with van der Waals surface area (Å²) in [6.07, 6.45) is -0.0883. The molecule has 0 aliphatic rings.